The molecule has 0 spiro atoms. The summed E-state index contributed by atoms with van der Waals surface area (Å²) in [5.74, 6) is -2.29. The number of nitrogens with one attached hydrogen (secondary N) is 2. The van der Waals surface area contributed by atoms with Gasteiger partial charge in [0.05, 0.1) is 23.7 Å². The Morgan fingerprint density at radius 2 is 1.28 bits per heavy atom. The number of hydrogen-bond acceptors (Lipinski definition) is 12. The van der Waals surface area contributed by atoms with Gasteiger partial charge in [0.1, 0.15) is 31.5 Å². The fourth-order valence-corrected chi connectivity index (χ4v) is 10.8. The van der Waals surface area contributed by atoms with E-state index in [1.54, 1.807) is 0 Å². The third-order valence-corrected chi connectivity index (χ3v) is 14.2. The molecule has 13 nitrogen and oxygen atoms in total. The van der Waals surface area contributed by atoms with Crippen molar-refractivity contribution < 1.29 is 52.3 Å². The van der Waals surface area contributed by atoms with Crippen LogP contribution < -0.4 is 10.6 Å². The van der Waals surface area contributed by atoms with Gasteiger partial charge in [-0.15, -0.1) is 11.8 Å². The summed E-state index contributed by atoms with van der Waals surface area (Å²) in [6.45, 7) is 4.29. The van der Waals surface area contributed by atoms with E-state index in [2.05, 4.69) is 17.2 Å². The van der Waals surface area contributed by atoms with Gasteiger partial charge in [0.2, 0.25) is 5.91 Å². The summed E-state index contributed by atoms with van der Waals surface area (Å²) in [5, 5.41) is 5.50. The number of rotatable bonds is 18. The molecule has 9 rings (SSSR count). The number of amides is 2. The Morgan fingerprint density at radius 3 is 1.85 bits per heavy atom. The Hall–Kier alpha value is -7.07. The lowest BCUT2D eigenvalue weighted by atomic mass is 9.84. The van der Waals surface area contributed by atoms with Gasteiger partial charge < -0.3 is 43.8 Å². The highest BCUT2D eigenvalue weighted by atomic mass is 32.2. The smallest absolute Gasteiger partial charge is 0.407 e. The molecule has 0 radical (unpaired) electrons. The van der Waals surface area contributed by atoms with E-state index in [-0.39, 0.29) is 31.5 Å². The van der Waals surface area contributed by atoms with Crippen molar-refractivity contribution in [2.45, 2.75) is 60.6 Å². The van der Waals surface area contributed by atoms with Crippen molar-refractivity contribution in [1.29, 1.82) is 0 Å². The van der Waals surface area contributed by atoms with E-state index >= 15 is 0 Å². The maximum Gasteiger partial charge on any atom is 0.407 e. The van der Waals surface area contributed by atoms with Gasteiger partial charge >= 0.3 is 18.0 Å². The van der Waals surface area contributed by atoms with E-state index in [1.807, 2.05) is 170 Å². The molecule has 2 N–H and O–H groups in total. The minimum absolute atomic E-state index is 0.00692. The Labute approximate surface area is 416 Å². The van der Waals surface area contributed by atoms with Crippen molar-refractivity contribution in [2.24, 2.45) is 0 Å². The molecule has 2 aliphatic heterocycles. The van der Waals surface area contributed by atoms with Crippen LogP contribution in [0.2, 0.25) is 0 Å². The van der Waals surface area contributed by atoms with Crippen molar-refractivity contribution in [3.05, 3.63) is 216 Å². The van der Waals surface area contributed by atoms with E-state index in [4.69, 9.17) is 33.2 Å². The topological polar surface area (TPSA) is 157 Å². The number of carbonyl (C=O) groups is 4. The summed E-state index contributed by atoms with van der Waals surface area (Å²) in [6, 6.07) is 52.5. The fourth-order valence-electron chi connectivity index (χ4n) is 9.53. The van der Waals surface area contributed by atoms with Crippen LogP contribution in [0.5, 0.6) is 0 Å². The zero-order valence-electron chi connectivity index (χ0n) is 39.0. The maximum absolute atomic E-state index is 14.6. The maximum atomic E-state index is 14.6. The SMILES string of the molecule is C=CCOC(=O)[C@@H](CO[C@@H]1OC2COC(c3ccccc3)O[C@H]2[C@H](OC(=O)CSC(c2ccccc2)(c2ccccc2)c2ccccc2)[C@@H]1NC(C)=O)NC(=O)OCC1c2ccccc2-c2ccccc21. The molecule has 2 amide bonds. The number of hydrogen-bond donors (Lipinski definition) is 2. The van der Waals surface area contributed by atoms with Gasteiger partial charge in [-0.1, -0.05) is 183 Å². The molecule has 71 heavy (non-hydrogen) atoms. The molecule has 2 saturated heterocycles. The molecule has 14 heteroatoms. The van der Waals surface area contributed by atoms with Gasteiger partial charge in [0.15, 0.2) is 24.7 Å². The molecule has 7 atom stereocenters. The van der Waals surface area contributed by atoms with E-state index in [0.29, 0.717) is 0 Å². The molecule has 2 fully saturated rings. The normalized spacial score (nSPS) is 20.7. The molecule has 0 saturated carbocycles. The second kappa shape index (κ2) is 22.8. The van der Waals surface area contributed by atoms with Crippen LogP contribution in [0.4, 0.5) is 4.79 Å². The summed E-state index contributed by atoms with van der Waals surface area (Å²) >= 11 is 1.40. The Morgan fingerprint density at radius 1 is 0.732 bits per heavy atom. The summed E-state index contributed by atoms with van der Waals surface area (Å²) in [7, 11) is 0. The van der Waals surface area contributed by atoms with Crippen molar-refractivity contribution in [2.75, 3.05) is 32.2 Å². The van der Waals surface area contributed by atoms with Crippen LogP contribution in [0, 0.1) is 0 Å². The van der Waals surface area contributed by atoms with E-state index in [1.165, 1.54) is 24.8 Å². The predicted molar refractivity (Wildman–Crippen MR) is 267 cm³/mol. The van der Waals surface area contributed by atoms with Crippen LogP contribution in [-0.4, -0.2) is 92.8 Å². The van der Waals surface area contributed by atoms with Crippen LogP contribution in [0.1, 0.15) is 52.5 Å². The highest BCUT2D eigenvalue weighted by molar-refractivity contribution is 8.01. The third kappa shape index (κ3) is 11.0. The molecule has 0 bridgehead atoms. The first kappa shape index (κ1) is 48.9. The second-order valence-electron chi connectivity index (χ2n) is 17.2. The van der Waals surface area contributed by atoms with Crippen LogP contribution in [0.3, 0.4) is 0 Å². The standard InChI is InChI=1S/C57H54N2O11S/c1-3-32-64-53(62)47(59-56(63)67-33-46-44-30-18-16-28-42(44)43-29-17-19-31-45(43)46)34-65-55-50(58-37(2)60)52(51-48(68-55)35-66-54(70-51)38-20-8-4-9-21-38)69-49(61)36-71-57(39-22-10-5-11-23-39,40-24-12-6-13-25-40)41-26-14-7-15-27-41/h3-31,46-48,50-52,54-55H,1,32-36H2,2H3,(H,58,60)(H,59,63)/t47-,48?,50+,51-,52-,54?,55-/m1/s1. The van der Waals surface area contributed by atoms with Crippen molar-refractivity contribution in [1.82, 2.24) is 10.6 Å². The lowest BCUT2D eigenvalue weighted by Crippen LogP contribution is -2.68. The molecule has 2 unspecified atom stereocenters. The molecule has 3 aliphatic rings. The van der Waals surface area contributed by atoms with Crippen LogP contribution >= 0.6 is 11.8 Å². The van der Waals surface area contributed by atoms with Gasteiger partial charge in [0.25, 0.3) is 0 Å². The highest BCUT2D eigenvalue weighted by Gasteiger charge is 2.53. The third-order valence-electron chi connectivity index (χ3n) is 12.7. The highest BCUT2D eigenvalue weighted by Crippen LogP contribution is 2.49. The van der Waals surface area contributed by atoms with Crippen LogP contribution in [0.15, 0.2) is 183 Å². The van der Waals surface area contributed by atoms with Crippen molar-refractivity contribution in [3.63, 3.8) is 0 Å². The minimum Gasteiger partial charge on any atom is -0.460 e. The molecule has 364 valence electrons. The van der Waals surface area contributed by atoms with Gasteiger partial charge in [-0.3, -0.25) is 9.59 Å². The number of thioether (sulfide) groups is 1. The average Bonchev–Trinajstić information content (AvgIpc) is 3.73. The quantitative estimate of drug-likeness (QED) is 0.0367. The van der Waals surface area contributed by atoms with Crippen molar-refractivity contribution in [3.8, 4) is 11.1 Å². The lowest BCUT2D eigenvalue weighted by Gasteiger charge is -2.49. The van der Waals surface area contributed by atoms with E-state index < -0.39 is 78.3 Å². The first-order valence-electron chi connectivity index (χ1n) is 23.5. The molecule has 6 aromatic carbocycles. The number of fused-ring (bicyclic) bond motifs is 4. The Bertz CT molecular complexity index is 2640. The second-order valence-corrected chi connectivity index (χ2v) is 18.4. The molecular formula is C57H54N2O11S. The number of ether oxygens (including phenoxy) is 7. The van der Waals surface area contributed by atoms with Gasteiger partial charge in [-0.2, -0.15) is 0 Å². The van der Waals surface area contributed by atoms with Crippen LogP contribution in [0.25, 0.3) is 11.1 Å². The first-order valence-corrected chi connectivity index (χ1v) is 24.5. The summed E-state index contributed by atoms with van der Waals surface area (Å²) < 4.78 is 42.4. The molecule has 0 aromatic heterocycles. The number of carbonyl (C=O) groups excluding carboxylic acids is 4. The minimum atomic E-state index is -1.41. The van der Waals surface area contributed by atoms with Gasteiger partial charge in [0, 0.05) is 18.4 Å². The van der Waals surface area contributed by atoms with E-state index in [0.717, 1.165) is 44.5 Å². The van der Waals surface area contributed by atoms with Crippen LogP contribution in [-0.2, 0) is 52.3 Å². The first-order chi connectivity index (χ1) is 34.7. The zero-order valence-corrected chi connectivity index (χ0v) is 39.8. The van der Waals surface area contributed by atoms with Gasteiger partial charge in [-0.25, -0.2) is 9.59 Å². The predicted octanol–water partition coefficient (Wildman–Crippen LogP) is 8.62. The largest absolute Gasteiger partial charge is 0.460 e. The Kier molecular flexibility index (Phi) is 15.7. The van der Waals surface area contributed by atoms with Crippen molar-refractivity contribution >= 4 is 35.7 Å². The number of alkyl carbamates (subject to hydrolysis) is 1. The average molecular weight is 975 g/mol. The lowest BCUT2D eigenvalue weighted by molar-refractivity contribution is -0.345. The zero-order chi connectivity index (χ0) is 49.2. The molecule has 2 heterocycles. The van der Waals surface area contributed by atoms with Gasteiger partial charge in [-0.05, 0) is 38.9 Å². The monoisotopic (exact) mass is 974 g/mol. The Balaban J connectivity index is 0.970. The fraction of sp³-hybridized carbons (Fsp3) is 0.263. The molecule has 1 aliphatic carbocycles. The van der Waals surface area contributed by atoms with E-state index in [9.17, 15) is 19.2 Å². The molecular weight excluding hydrogens is 921 g/mol. The summed E-state index contributed by atoms with van der Waals surface area (Å²) in [4.78, 5) is 54.9. The summed E-state index contributed by atoms with van der Waals surface area (Å²) in [6.07, 6.45) is -4.76. The molecule has 6 aromatic rings. The number of esters is 2. The summed E-state index contributed by atoms with van der Waals surface area (Å²) in [5.41, 5.74) is 7.75. The number of benzene rings is 6.